The van der Waals surface area contributed by atoms with Gasteiger partial charge in [0.05, 0.1) is 40.5 Å². The van der Waals surface area contributed by atoms with Gasteiger partial charge in [0, 0.05) is 43.6 Å². The lowest BCUT2D eigenvalue weighted by atomic mass is 9.93. The van der Waals surface area contributed by atoms with Crippen molar-refractivity contribution in [2.24, 2.45) is 11.3 Å². The molecule has 1 spiro atoms. The van der Waals surface area contributed by atoms with Crippen LogP contribution in [0.1, 0.15) is 42.5 Å². The molecule has 39 heavy (non-hydrogen) atoms. The number of sulfonamides is 1. The number of nitrogens with zero attached hydrogens (tertiary/aromatic N) is 2. The fourth-order valence-electron chi connectivity index (χ4n) is 5.68. The molecule has 2 saturated carbocycles. The molecule has 3 fully saturated rings. The van der Waals surface area contributed by atoms with E-state index in [1.807, 2.05) is 12.1 Å². The molecule has 6 rings (SSSR count). The van der Waals surface area contributed by atoms with Gasteiger partial charge in [0.25, 0.3) is 11.8 Å². The van der Waals surface area contributed by atoms with Gasteiger partial charge in [-0.1, -0.05) is 6.07 Å². The number of carbonyl (C=O) groups is 1. The number of nitrogens with one attached hydrogen (secondary N) is 2. The molecule has 3 aromatic rings. The zero-order valence-electron chi connectivity index (χ0n) is 21.5. The van der Waals surface area contributed by atoms with E-state index in [9.17, 15) is 22.0 Å². The van der Waals surface area contributed by atoms with Crippen LogP contribution in [0.3, 0.4) is 0 Å². The van der Waals surface area contributed by atoms with Crippen LogP contribution in [0.15, 0.2) is 48.7 Å². The predicted molar refractivity (Wildman–Crippen MR) is 147 cm³/mol. The minimum absolute atomic E-state index is 0.102. The average Bonchev–Trinajstić information content (AvgIpc) is 3.72. The average molecular weight is 559 g/mol. The van der Waals surface area contributed by atoms with Gasteiger partial charge in [-0.25, -0.2) is 17.2 Å². The van der Waals surface area contributed by atoms with Gasteiger partial charge in [-0.2, -0.15) is 0 Å². The van der Waals surface area contributed by atoms with Gasteiger partial charge in [-0.3, -0.25) is 9.52 Å². The molecule has 3 N–H and O–H groups in total. The van der Waals surface area contributed by atoms with Crippen molar-refractivity contribution in [3.63, 3.8) is 0 Å². The molecule has 1 atom stereocenters. The van der Waals surface area contributed by atoms with Crippen molar-refractivity contribution in [2.45, 2.75) is 44.6 Å². The van der Waals surface area contributed by atoms with E-state index in [-0.39, 0.29) is 18.9 Å². The van der Waals surface area contributed by atoms with Crippen molar-refractivity contribution in [2.75, 3.05) is 40.4 Å². The highest BCUT2D eigenvalue weighted by atomic mass is 32.2. The Kier molecular flexibility index (Phi) is 6.33. The maximum atomic E-state index is 13.6. The number of benzene rings is 2. The largest absolute Gasteiger partial charge is 0.395 e. The number of hydrogen-bond acceptors (Lipinski definition) is 5. The lowest BCUT2D eigenvalue weighted by Gasteiger charge is -2.35. The van der Waals surface area contributed by atoms with Crippen molar-refractivity contribution in [3.8, 4) is 0 Å². The molecule has 0 bridgehead atoms. The van der Waals surface area contributed by atoms with E-state index < -0.39 is 34.2 Å². The molecule has 1 aromatic heterocycles. The molecule has 2 aliphatic carbocycles. The number of anilines is 3. The second-order valence-electron chi connectivity index (χ2n) is 11.2. The summed E-state index contributed by atoms with van der Waals surface area (Å²) in [6, 6.07) is 12.1. The first-order chi connectivity index (χ1) is 18.6. The van der Waals surface area contributed by atoms with Crippen LogP contribution in [0.25, 0.3) is 10.9 Å². The van der Waals surface area contributed by atoms with Crippen LogP contribution in [0.4, 0.5) is 25.8 Å². The summed E-state index contributed by atoms with van der Waals surface area (Å²) in [4.78, 5) is 15.8. The van der Waals surface area contributed by atoms with Crippen LogP contribution in [0, 0.1) is 11.3 Å². The number of amides is 1. The first-order valence-corrected chi connectivity index (χ1v) is 15.0. The number of halogens is 2. The molecule has 0 radical (unpaired) electrons. The number of carbonyl (C=O) groups excluding carboxylic acids is 1. The SMILES string of the molecule is O=C(Nc1cccc2c1ccn2CC1CC1(F)F)c1ccc(NS(=O)(=O)CCO)cc1N1CCC2(CC1)CC2. The van der Waals surface area contributed by atoms with E-state index in [1.54, 1.807) is 41.1 Å². The van der Waals surface area contributed by atoms with Crippen LogP contribution >= 0.6 is 0 Å². The maximum Gasteiger partial charge on any atom is 0.257 e. The lowest BCUT2D eigenvalue weighted by molar-refractivity contribution is 0.0953. The molecule has 8 nitrogen and oxygen atoms in total. The Morgan fingerprint density at radius 2 is 1.82 bits per heavy atom. The van der Waals surface area contributed by atoms with Gasteiger partial charge < -0.3 is 19.9 Å². The third kappa shape index (κ3) is 5.34. The molecule has 1 amide bonds. The summed E-state index contributed by atoms with van der Waals surface area (Å²) in [5.74, 6) is -4.03. The Hall–Kier alpha value is -3.18. The molecule has 3 aliphatic rings. The maximum absolute atomic E-state index is 13.6. The molecule has 2 heterocycles. The van der Waals surface area contributed by atoms with Crippen molar-refractivity contribution in [3.05, 3.63) is 54.2 Å². The number of piperidine rings is 1. The van der Waals surface area contributed by atoms with Crippen LogP contribution in [0.5, 0.6) is 0 Å². The van der Waals surface area contributed by atoms with E-state index in [0.29, 0.717) is 28.0 Å². The number of alkyl halides is 2. The summed E-state index contributed by atoms with van der Waals surface area (Å²) in [7, 11) is -3.72. The topological polar surface area (TPSA) is 104 Å². The minimum atomic E-state index is -3.72. The van der Waals surface area contributed by atoms with Crippen LogP contribution < -0.4 is 14.9 Å². The standard InChI is InChI=1S/C28H32F2N4O4S/c29-28(30)17-19(28)18-34-11-6-21-23(2-1-3-24(21)34)31-26(36)22-5-4-20(32-39(37,38)15-14-35)16-25(22)33-12-9-27(7-8-27)10-13-33/h1-6,11,16,19,32,35H,7-10,12-15,17-18H2,(H,31,36). The van der Waals surface area contributed by atoms with Gasteiger partial charge >= 0.3 is 0 Å². The Bertz CT molecular complexity index is 1520. The van der Waals surface area contributed by atoms with Crippen molar-refractivity contribution in [1.82, 2.24) is 4.57 Å². The monoisotopic (exact) mass is 558 g/mol. The number of aliphatic hydroxyl groups excluding tert-OH is 1. The number of aliphatic hydroxyl groups is 1. The number of rotatable bonds is 9. The van der Waals surface area contributed by atoms with E-state index >= 15 is 0 Å². The zero-order chi connectivity index (χ0) is 27.4. The van der Waals surface area contributed by atoms with E-state index in [1.165, 1.54) is 12.8 Å². The molecule has 2 aromatic carbocycles. The number of hydrogen-bond donors (Lipinski definition) is 3. The van der Waals surface area contributed by atoms with Crippen LogP contribution in [0.2, 0.25) is 0 Å². The predicted octanol–water partition coefficient (Wildman–Crippen LogP) is 4.66. The fraction of sp³-hybridized carbons (Fsp3) is 0.464. The molecule has 1 aliphatic heterocycles. The van der Waals surface area contributed by atoms with Crippen molar-refractivity contribution < 1.29 is 27.1 Å². The molecular formula is C28H32F2N4O4S. The third-order valence-corrected chi connectivity index (χ3v) is 9.70. The number of fused-ring (bicyclic) bond motifs is 1. The van der Waals surface area contributed by atoms with Gasteiger partial charge in [0.2, 0.25) is 10.0 Å². The number of aromatic nitrogens is 1. The molecule has 1 unspecified atom stereocenters. The van der Waals surface area contributed by atoms with E-state index in [4.69, 9.17) is 5.11 Å². The first kappa shape index (κ1) is 26.1. The summed E-state index contributed by atoms with van der Waals surface area (Å²) >= 11 is 0. The van der Waals surface area contributed by atoms with Gasteiger partial charge in [0.15, 0.2) is 0 Å². The first-order valence-electron chi connectivity index (χ1n) is 13.4. The van der Waals surface area contributed by atoms with Gasteiger partial charge in [-0.05, 0) is 67.5 Å². The van der Waals surface area contributed by atoms with Crippen LogP contribution in [-0.4, -0.2) is 55.4 Å². The van der Waals surface area contributed by atoms with E-state index in [0.717, 1.165) is 36.8 Å². The summed E-state index contributed by atoms with van der Waals surface area (Å²) in [6.07, 6.45) is 6.20. The van der Waals surface area contributed by atoms with Crippen LogP contribution in [-0.2, 0) is 16.6 Å². The second kappa shape index (κ2) is 9.48. The highest BCUT2D eigenvalue weighted by Gasteiger charge is 2.56. The summed E-state index contributed by atoms with van der Waals surface area (Å²) in [5, 5.41) is 12.8. The Labute approximate surface area is 226 Å². The zero-order valence-corrected chi connectivity index (χ0v) is 22.3. The fourth-order valence-corrected chi connectivity index (χ4v) is 6.51. The van der Waals surface area contributed by atoms with Gasteiger partial charge in [0.1, 0.15) is 0 Å². The normalized spacial score (nSPS) is 21.2. The highest BCUT2D eigenvalue weighted by Crippen LogP contribution is 2.54. The summed E-state index contributed by atoms with van der Waals surface area (Å²) in [6.45, 7) is 1.28. The van der Waals surface area contributed by atoms with Crippen molar-refractivity contribution in [1.29, 1.82) is 0 Å². The summed E-state index contributed by atoms with van der Waals surface area (Å²) < 4.78 is 55.8. The smallest absolute Gasteiger partial charge is 0.257 e. The quantitative estimate of drug-likeness (QED) is 0.354. The molecule has 208 valence electrons. The second-order valence-corrected chi connectivity index (χ2v) is 13.0. The molecule has 11 heteroatoms. The Balaban J connectivity index is 1.27. The lowest BCUT2D eigenvalue weighted by Crippen LogP contribution is -2.35. The minimum Gasteiger partial charge on any atom is -0.395 e. The highest BCUT2D eigenvalue weighted by molar-refractivity contribution is 7.92. The Morgan fingerprint density at radius 3 is 2.49 bits per heavy atom. The molecular weight excluding hydrogens is 526 g/mol. The van der Waals surface area contributed by atoms with E-state index in [2.05, 4.69) is 14.9 Å². The molecule has 1 saturated heterocycles. The summed E-state index contributed by atoms with van der Waals surface area (Å²) in [5.41, 5.74) is 3.17. The third-order valence-electron chi connectivity index (χ3n) is 8.43. The van der Waals surface area contributed by atoms with Crippen molar-refractivity contribution >= 4 is 43.9 Å². The Morgan fingerprint density at radius 1 is 1.08 bits per heavy atom. The van der Waals surface area contributed by atoms with Gasteiger partial charge in [-0.15, -0.1) is 0 Å².